The first kappa shape index (κ1) is 42.9. The average Bonchev–Trinajstić information content (AvgIpc) is 4.05. The van der Waals surface area contributed by atoms with Gasteiger partial charge in [0, 0.05) is 54.6 Å². The molecule has 15 rings (SSSR count). The topological polar surface area (TPSA) is 48.5 Å². The van der Waals surface area contributed by atoms with Crippen LogP contribution in [0.15, 0.2) is 273 Å². The second-order valence-corrected chi connectivity index (χ2v) is 23.3. The van der Waals surface area contributed by atoms with Gasteiger partial charge in [0.2, 0.25) is 0 Å². The molecule has 4 bridgehead atoms. The predicted octanol–water partition coefficient (Wildman–Crippen LogP) is 14.3. The molecule has 0 aliphatic rings. The second-order valence-electron chi connectivity index (χ2n) is 19.5. The number of nitrogens with zero attached hydrogens (tertiary/aromatic N) is 5. The van der Waals surface area contributed by atoms with E-state index >= 15 is 0 Å². The number of fused-ring (bicyclic) bond motifs is 17. The molecule has 15 aromatic rings. The zero-order chi connectivity index (χ0) is 49.5. The molecule has 75 heavy (non-hydrogen) atoms. The minimum atomic E-state index is -2.86. The Morgan fingerprint density at radius 2 is 0.720 bits per heavy atom. The summed E-state index contributed by atoms with van der Waals surface area (Å²) < 4.78 is 4.88. The normalized spacial score (nSPS) is 12.0. The fraction of sp³-hybridized carbons (Fsp3) is 0. The lowest BCUT2D eigenvalue weighted by Crippen LogP contribution is -2.74. The van der Waals surface area contributed by atoms with Crippen LogP contribution in [0.3, 0.4) is 0 Å². The Labute approximate surface area is 433 Å². The Balaban J connectivity index is 1.04. The van der Waals surface area contributed by atoms with Crippen molar-refractivity contribution in [1.82, 2.24) is 24.1 Å². The molecular weight excluding hydrogens is 927 g/mol. The molecule has 0 unspecified atom stereocenters. The highest BCUT2D eigenvalue weighted by Crippen LogP contribution is 2.42. The summed E-state index contributed by atoms with van der Waals surface area (Å²) in [6.07, 6.45) is 0. The molecule has 350 valence electrons. The predicted molar refractivity (Wildman–Crippen MR) is 316 cm³/mol. The SMILES string of the molecule is c1ccc(-n2c3cc(-n4c5ccccc5c5ccccc54)ccc3c3cc4cc(c5ccccc5c5nc(-c6cccc([Si](c7ccccc7)(c7ccccc7)c7ccccc7)c6)nc(n5)c5ccccc45)c32)cc1. The van der Waals surface area contributed by atoms with Crippen molar-refractivity contribution >= 4 is 116 Å². The van der Waals surface area contributed by atoms with Crippen LogP contribution >= 0.6 is 0 Å². The van der Waals surface area contributed by atoms with E-state index in [1.807, 2.05) is 0 Å². The summed E-state index contributed by atoms with van der Waals surface area (Å²) in [7, 11) is -2.86. The van der Waals surface area contributed by atoms with Crippen molar-refractivity contribution in [3.05, 3.63) is 273 Å². The minimum absolute atomic E-state index is 0.625. The van der Waals surface area contributed by atoms with Crippen molar-refractivity contribution in [2.75, 3.05) is 0 Å². The second kappa shape index (κ2) is 17.2. The summed E-state index contributed by atoms with van der Waals surface area (Å²) in [4.78, 5) is 16.4. The van der Waals surface area contributed by atoms with E-state index < -0.39 is 8.07 Å². The van der Waals surface area contributed by atoms with Crippen LogP contribution in [0.5, 0.6) is 0 Å². The van der Waals surface area contributed by atoms with Crippen LogP contribution in [-0.2, 0) is 0 Å². The van der Waals surface area contributed by atoms with Crippen molar-refractivity contribution < 1.29 is 0 Å². The third-order valence-electron chi connectivity index (χ3n) is 15.4. The fourth-order valence-electron chi connectivity index (χ4n) is 12.2. The van der Waals surface area contributed by atoms with Gasteiger partial charge in [-0.3, -0.25) is 0 Å². The maximum absolute atomic E-state index is 5.52. The van der Waals surface area contributed by atoms with Gasteiger partial charge in [-0.25, -0.2) is 15.0 Å². The first-order valence-corrected chi connectivity index (χ1v) is 27.6. The number of benzene rings is 11. The Morgan fingerprint density at radius 1 is 0.267 bits per heavy atom. The average molecular weight is 972 g/mol. The number of rotatable bonds is 7. The highest BCUT2D eigenvalue weighted by molar-refractivity contribution is 7.19. The van der Waals surface area contributed by atoms with E-state index in [4.69, 9.17) is 15.0 Å². The maximum atomic E-state index is 5.52. The van der Waals surface area contributed by atoms with Gasteiger partial charge in [0.25, 0.3) is 0 Å². The molecule has 0 aliphatic heterocycles. The summed E-state index contributed by atoms with van der Waals surface area (Å²) in [5, 5.41) is 16.2. The van der Waals surface area contributed by atoms with Gasteiger partial charge < -0.3 is 9.13 Å². The Bertz CT molecular complexity index is 4610. The van der Waals surface area contributed by atoms with Crippen molar-refractivity contribution in [3.63, 3.8) is 0 Å². The summed E-state index contributed by atoms with van der Waals surface area (Å²) in [6, 6.07) is 99.5. The van der Waals surface area contributed by atoms with Gasteiger partial charge in [0.05, 0.1) is 22.1 Å². The third kappa shape index (κ3) is 6.67. The Kier molecular flexibility index (Phi) is 9.83. The van der Waals surface area contributed by atoms with Crippen LogP contribution in [0, 0.1) is 0 Å². The lowest BCUT2D eigenvalue weighted by molar-refractivity contribution is 1.16. The van der Waals surface area contributed by atoms with Crippen molar-refractivity contribution in [1.29, 1.82) is 0 Å². The van der Waals surface area contributed by atoms with Gasteiger partial charge in [-0.15, -0.1) is 0 Å². The maximum Gasteiger partial charge on any atom is 0.179 e. The molecule has 6 heteroatoms. The molecule has 11 aromatic carbocycles. The van der Waals surface area contributed by atoms with E-state index in [9.17, 15) is 0 Å². The van der Waals surface area contributed by atoms with E-state index in [1.165, 1.54) is 53.3 Å². The summed E-state index contributed by atoms with van der Waals surface area (Å²) in [5.41, 5.74) is 8.99. The molecule has 0 N–H and O–H groups in total. The van der Waals surface area contributed by atoms with E-state index in [0.717, 1.165) is 60.3 Å². The standard InChI is InChI=1S/C69H45N5Si/c1-5-23-48(24-6-1)74-65-45-49(73-63-38-19-17-34-56(63)57-35-18-20-39-64(57)73)40-41-58(65)62-44-47-43-61(66(62)74)55-33-14-16-37-60(55)69-71-67(70-68(72-69)59-36-15-13-32-54(47)59)46-22-21-31-53(42-46)75(50-25-7-2-8-26-50,51-27-9-3-10-28-51)52-29-11-4-12-30-52/h1-45H. The van der Waals surface area contributed by atoms with Crippen LogP contribution in [-0.4, -0.2) is 32.2 Å². The molecule has 5 nitrogen and oxygen atoms in total. The van der Waals surface area contributed by atoms with Crippen molar-refractivity contribution in [2.24, 2.45) is 0 Å². The molecule has 0 radical (unpaired) electrons. The number of para-hydroxylation sites is 3. The van der Waals surface area contributed by atoms with Gasteiger partial charge in [0.1, 0.15) is 0 Å². The van der Waals surface area contributed by atoms with Crippen LogP contribution in [0.2, 0.25) is 0 Å². The Hall–Kier alpha value is -9.75. The van der Waals surface area contributed by atoms with E-state index in [2.05, 4.69) is 282 Å². The van der Waals surface area contributed by atoms with Gasteiger partial charge in [-0.05, 0) is 85.4 Å². The summed E-state index contributed by atoms with van der Waals surface area (Å²) in [6.45, 7) is 0. The highest BCUT2D eigenvalue weighted by atomic mass is 28.3. The molecule has 0 atom stereocenters. The lowest BCUT2D eigenvalue weighted by atomic mass is 10.00. The van der Waals surface area contributed by atoms with E-state index in [0.29, 0.717) is 17.1 Å². The Morgan fingerprint density at radius 3 is 1.31 bits per heavy atom. The number of hydrogen-bond acceptors (Lipinski definition) is 3. The van der Waals surface area contributed by atoms with E-state index in [1.54, 1.807) is 0 Å². The molecule has 4 aromatic heterocycles. The van der Waals surface area contributed by atoms with Crippen LogP contribution in [0.25, 0.3) is 110 Å². The minimum Gasteiger partial charge on any atom is -0.309 e. The molecule has 4 heterocycles. The molecular formula is C69H45N5Si. The van der Waals surface area contributed by atoms with Crippen LogP contribution in [0.4, 0.5) is 0 Å². The zero-order valence-electron chi connectivity index (χ0n) is 40.7. The largest absolute Gasteiger partial charge is 0.309 e. The quantitative estimate of drug-likeness (QED) is 0.118. The third-order valence-corrected chi connectivity index (χ3v) is 20.2. The molecule has 0 amide bonds. The van der Waals surface area contributed by atoms with Crippen molar-refractivity contribution in [2.45, 2.75) is 0 Å². The first-order chi connectivity index (χ1) is 37.2. The first-order valence-electron chi connectivity index (χ1n) is 25.6. The number of aromatic nitrogens is 5. The molecule has 0 spiro atoms. The van der Waals surface area contributed by atoms with Gasteiger partial charge in [0.15, 0.2) is 25.2 Å². The van der Waals surface area contributed by atoms with Crippen molar-refractivity contribution in [3.8, 4) is 22.8 Å². The number of hydrogen-bond donors (Lipinski definition) is 0. The molecule has 0 saturated heterocycles. The molecule has 0 fully saturated rings. The van der Waals surface area contributed by atoms with Crippen LogP contribution in [0.1, 0.15) is 0 Å². The highest BCUT2D eigenvalue weighted by Gasteiger charge is 2.41. The smallest absolute Gasteiger partial charge is 0.179 e. The molecule has 0 aliphatic carbocycles. The fourth-order valence-corrected chi connectivity index (χ4v) is 17.0. The van der Waals surface area contributed by atoms with Gasteiger partial charge >= 0.3 is 0 Å². The lowest BCUT2D eigenvalue weighted by Gasteiger charge is -2.34. The van der Waals surface area contributed by atoms with Crippen LogP contribution < -0.4 is 20.7 Å². The molecule has 0 saturated carbocycles. The summed E-state index contributed by atoms with van der Waals surface area (Å²) in [5.74, 6) is 0.629. The summed E-state index contributed by atoms with van der Waals surface area (Å²) >= 11 is 0. The monoisotopic (exact) mass is 971 g/mol. The zero-order valence-corrected chi connectivity index (χ0v) is 41.7. The van der Waals surface area contributed by atoms with E-state index in [-0.39, 0.29) is 0 Å². The van der Waals surface area contributed by atoms with Gasteiger partial charge in [-0.2, -0.15) is 0 Å². The van der Waals surface area contributed by atoms with Gasteiger partial charge in [-0.1, -0.05) is 224 Å².